The van der Waals surface area contributed by atoms with E-state index < -0.39 is 0 Å². The summed E-state index contributed by atoms with van der Waals surface area (Å²) in [6.45, 7) is 4.74. The summed E-state index contributed by atoms with van der Waals surface area (Å²) < 4.78 is 18.6. The topological polar surface area (TPSA) is 62.9 Å². The molecule has 0 saturated heterocycles. The molecule has 0 unspecified atom stereocenters. The van der Waals surface area contributed by atoms with E-state index in [0.717, 1.165) is 30.6 Å². The van der Waals surface area contributed by atoms with Gasteiger partial charge in [0.05, 0.1) is 0 Å². The molecule has 1 aliphatic rings. The molecule has 6 heteroatoms. The minimum atomic E-state index is -0.247. The summed E-state index contributed by atoms with van der Waals surface area (Å²) in [6, 6.07) is 4.82. The molecule has 1 heterocycles. The SMILES string of the molecule is CCOCCCN=C(NN)N1CCc2ccc(F)cc21. The second-order valence-electron chi connectivity index (χ2n) is 4.57. The Morgan fingerprint density at radius 2 is 2.40 bits per heavy atom. The number of halogens is 1. The van der Waals surface area contributed by atoms with Gasteiger partial charge in [0.2, 0.25) is 5.96 Å². The van der Waals surface area contributed by atoms with Gasteiger partial charge in [-0.05, 0) is 37.5 Å². The Hall–Kier alpha value is -1.66. The van der Waals surface area contributed by atoms with Gasteiger partial charge in [0.1, 0.15) is 5.82 Å². The van der Waals surface area contributed by atoms with Crippen LogP contribution in [0, 0.1) is 5.82 Å². The van der Waals surface area contributed by atoms with Gasteiger partial charge in [-0.25, -0.2) is 10.2 Å². The van der Waals surface area contributed by atoms with E-state index in [4.69, 9.17) is 10.6 Å². The van der Waals surface area contributed by atoms with Crippen LogP contribution in [0.2, 0.25) is 0 Å². The van der Waals surface area contributed by atoms with Crippen molar-refractivity contribution in [3.8, 4) is 0 Å². The van der Waals surface area contributed by atoms with E-state index in [-0.39, 0.29) is 5.82 Å². The zero-order valence-electron chi connectivity index (χ0n) is 11.7. The third kappa shape index (κ3) is 3.46. The lowest BCUT2D eigenvalue weighted by Crippen LogP contribution is -2.44. The Morgan fingerprint density at radius 1 is 1.55 bits per heavy atom. The number of rotatable bonds is 5. The second-order valence-corrected chi connectivity index (χ2v) is 4.57. The molecule has 0 aliphatic carbocycles. The standard InChI is InChI=1S/C14H21FN4O/c1-2-20-9-3-7-17-14(18-16)19-8-6-11-4-5-12(15)10-13(11)19/h4-5,10H,2-3,6-9,16H2,1H3,(H,17,18). The van der Waals surface area contributed by atoms with E-state index >= 15 is 0 Å². The van der Waals surface area contributed by atoms with Crippen LogP contribution in [0.5, 0.6) is 0 Å². The van der Waals surface area contributed by atoms with E-state index in [1.165, 1.54) is 12.1 Å². The second kappa shape index (κ2) is 7.21. The van der Waals surface area contributed by atoms with Crippen LogP contribution in [-0.4, -0.2) is 32.3 Å². The van der Waals surface area contributed by atoms with Crippen LogP contribution in [-0.2, 0) is 11.2 Å². The Kier molecular flexibility index (Phi) is 5.31. The number of ether oxygens (including phenoxy) is 1. The average Bonchev–Trinajstić information content (AvgIpc) is 2.86. The molecule has 5 nitrogen and oxygen atoms in total. The molecule has 0 bridgehead atoms. The Morgan fingerprint density at radius 3 is 3.15 bits per heavy atom. The molecule has 0 aromatic heterocycles. The van der Waals surface area contributed by atoms with E-state index in [0.29, 0.717) is 25.7 Å². The van der Waals surface area contributed by atoms with Crippen molar-refractivity contribution < 1.29 is 9.13 Å². The van der Waals surface area contributed by atoms with Crippen molar-refractivity contribution in [1.82, 2.24) is 5.43 Å². The van der Waals surface area contributed by atoms with E-state index in [9.17, 15) is 4.39 Å². The summed E-state index contributed by atoms with van der Waals surface area (Å²) in [7, 11) is 0. The van der Waals surface area contributed by atoms with Crippen molar-refractivity contribution in [2.24, 2.45) is 10.8 Å². The van der Waals surface area contributed by atoms with Gasteiger partial charge in [0, 0.05) is 32.0 Å². The largest absolute Gasteiger partial charge is 0.382 e. The van der Waals surface area contributed by atoms with Crippen LogP contribution in [0.15, 0.2) is 23.2 Å². The Bertz CT molecular complexity index is 478. The molecule has 0 radical (unpaired) electrons. The molecule has 3 N–H and O–H groups in total. The molecule has 20 heavy (non-hydrogen) atoms. The fourth-order valence-corrected chi connectivity index (χ4v) is 2.28. The van der Waals surface area contributed by atoms with Gasteiger partial charge < -0.3 is 9.64 Å². The highest BCUT2D eigenvalue weighted by Gasteiger charge is 2.23. The lowest BCUT2D eigenvalue weighted by atomic mass is 10.2. The van der Waals surface area contributed by atoms with Gasteiger partial charge in [-0.3, -0.25) is 10.4 Å². The van der Waals surface area contributed by atoms with Crippen LogP contribution in [0.3, 0.4) is 0 Å². The monoisotopic (exact) mass is 280 g/mol. The summed E-state index contributed by atoms with van der Waals surface area (Å²) >= 11 is 0. The predicted octanol–water partition coefficient (Wildman–Crippen LogP) is 1.43. The van der Waals surface area contributed by atoms with Crippen LogP contribution < -0.4 is 16.2 Å². The fourth-order valence-electron chi connectivity index (χ4n) is 2.28. The molecular weight excluding hydrogens is 259 g/mol. The van der Waals surface area contributed by atoms with Gasteiger partial charge in [-0.2, -0.15) is 0 Å². The van der Waals surface area contributed by atoms with Gasteiger partial charge in [-0.1, -0.05) is 6.07 Å². The minimum absolute atomic E-state index is 0.247. The highest BCUT2D eigenvalue weighted by Crippen LogP contribution is 2.28. The van der Waals surface area contributed by atoms with Crippen molar-refractivity contribution in [2.75, 3.05) is 31.2 Å². The first-order valence-electron chi connectivity index (χ1n) is 6.91. The lowest BCUT2D eigenvalue weighted by molar-refractivity contribution is 0.146. The van der Waals surface area contributed by atoms with Crippen molar-refractivity contribution in [2.45, 2.75) is 19.8 Å². The molecule has 1 aliphatic heterocycles. The molecule has 2 rings (SSSR count). The van der Waals surface area contributed by atoms with Crippen molar-refractivity contribution in [3.05, 3.63) is 29.6 Å². The van der Waals surface area contributed by atoms with Crippen molar-refractivity contribution in [3.63, 3.8) is 0 Å². The molecule has 0 amide bonds. The first kappa shape index (κ1) is 14.7. The van der Waals surface area contributed by atoms with E-state index in [1.54, 1.807) is 0 Å². The van der Waals surface area contributed by atoms with E-state index in [2.05, 4.69) is 10.4 Å². The number of benzene rings is 1. The summed E-state index contributed by atoms with van der Waals surface area (Å²) in [5, 5.41) is 0. The Balaban J connectivity index is 2.03. The zero-order chi connectivity index (χ0) is 14.4. The number of aliphatic imine (C=N–C) groups is 1. The molecule has 0 atom stereocenters. The number of hydrogen-bond donors (Lipinski definition) is 2. The predicted molar refractivity (Wildman–Crippen MR) is 78.2 cm³/mol. The summed E-state index contributed by atoms with van der Waals surface area (Å²) in [5.74, 6) is 5.87. The molecule has 1 aromatic carbocycles. The number of guanidine groups is 1. The van der Waals surface area contributed by atoms with Crippen LogP contribution >= 0.6 is 0 Å². The quantitative estimate of drug-likeness (QED) is 0.282. The maximum absolute atomic E-state index is 13.4. The minimum Gasteiger partial charge on any atom is -0.382 e. The van der Waals surface area contributed by atoms with Gasteiger partial charge >= 0.3 is 0 Å². The molecule has 110 valence electrons. The number of nitrogens with one attached hydrogen (secondary N) is 1. The van der Waals surface area contributed by atoms with Gasteiger partial charge in [-0.15, -0.1) is 0 Å². The highest BCUT2D eigenvalue weighted by atomic mass is 19.1. The maximum Gasteiger partial charge on any atom is 0.212 e. The maximum atomic E-state index is 13.4. The summed E-state index contributed by atoms with van der Waals surface area (Å²) in [4.78, 5) is 6.34. The third-order valence-electron chi connectivity index (χ3n) is 3.24. The Labute approximate surface area is 118 Å². The molecule has 0 saturated carbocycles. The lowest BCUT2D eigenvalue weighted by Gasteiger charge is -2.20. The first-order chi connectivity index (χ1) is 9.76. The fraction of sp³-hybridized carbons (Fsp3) is 0.500. The van der Waals surface area contributed by atoms with Crippen LogP contribution in [0.1, 0.15) is 18.9 Å². The van der Waals surface area contributed by atoms with Crippen LogP contribution in [0.4, 0.5) is 10.1 Å². The number of nitrogens with zero attached hydrogens (tertiary/aromatic N) is 2. The van der Waals surface area contributed by atoms with Gasteiger partial charge in [0.25, 0.3) is 0 Å². The normalized spacial score (nSPS) is 14.6. The van der Waals surface area contributed by atoms with Gasteiger partial charge in [0.15, 0.2) is 0 Å². The molecule has 0 spiro atoms. The number of hydrazine groups is 1. The zero-order valence-corrected chi connectivity index (χ0v) is 11.7. The smallest absolute Gasteiger partial charge is 0.212 e. The van der Waals surface area contributed by atoms with Crippen LogP contribution in [0.25, 0.3) is 0 Å². The number of anilines is 1. The first-order valence-corrected chi connectivity index (χ1v) is 6.91. The summed E-state index contributed by atoms with van der Waals surface area (Å²) in [6.07, 6.45) is 1.71. The number of nitrogens with two attached hydrogens (primary N) is 1. The highest BCUT2D eigenvalue weighted by molar-refractivity contribution is 5.97. The molecule has 0 fully saturated rings. The number of fused-ring (bicyclic) bond motifs is 1. The molecule has 1 aromatic rings. The number of hydrogen-bond acceptors (Lipinski definition) is 3. The van der Waals surface area contributed by atoms with Crippen molar-refractivity contribution >= 4 is 11.6 Å². The van der Waals surface area contributed by atoms with Crippen molar-refractivity contribution in [1.29, 1.82) is 0 Å². The molecular formula is C14H21FN4O. The van der Waals surface area contributed by atoms with E-state index in [1.807, 2.05) is 17.9 Å². The summed E-state index contributed by atoms with van der Waals surface area (Å²) in [5.41, 5.74) is 4.56. The third-order valence-corrected chi connectivity index (χ3v) is 3.24. The average molecular weight is 280 g/mol.